The number of nitrogens with one attached hydrogen (secondary N) is 2. The SMILES string of the molecule is CC(C)(c1ccc(N)cc1)c1n[nH]c(=O)[nH]1. The maximum absolute atomic E-state index is 11.0. The summed E-state index contributed by atoms with van der Waals surface area (Å²) < 4.78 is 0. The number of benzene rings is 1. The molecule has 0 radical (unpaired) electrons. The Kier molecular flexibility index (Phi) is 2.30. The minimum absolute atomic E-state index is 0.293. The van der Waals surface area contributed by atoms with Gasteiger partial charge in [0.25, 0.3) is 0 Å². The van der Waals surface area contributed by atoms with E-state index in [-0.39, 0.29) is 11.1 Å². The van der Waals surface area contributed by atoms with Crippen LogP contribution in [0.25, 0.3) is 0 Å². The first-order chi connectivity index (χ1) is 7.50. The Morgan fingerprint density at radius 3 is 2.38 bits per heavy atom. The van der Waals surface area contributed by atoms with Crippen LogP contribution in [0.1, 0.15) is 25.2 Å². The Labute approximate surface area is 92.7 Å². The van der Waals surface area contributed by atoms with E-state index in [2.05, 4.69) is 15.2 Å². The Morgan fingerprint density at radius 1 is 1.25 bits per heavy atom. The average Bonchev–Trinajstić information content (AvgIpc) is 2.66. The van der Waals surface area contributed by atoms with Crippen LogP contribution in [0, 0.1) is 0 Å². The van der Waals surface area contributed by atoms with Crippen LogP contribution < -0.4 is 11.4 Å². The molecule has 0 bridgehead atoms. The molecule has 1 aromatic carbocycles. The van der Waals surface area contributed by atoms with Gasteiger partial charge in [-0.15, -0.1) is 0 Å². The van der Waals surface area contributed by atoms with E-state index in [1.165, 1.54) is 0 Å². The molecule has 2 rings (SSSR count). The van der Waals surface area contributed by atoms with Crippen molar-refractivity contribution in [2.75, 3.05) is 5.73 Å². The zero-order valence-electron chi connectivity index (χ0n) is 9.24. The molecule has 0 saturated heterocycles. The van der Waals surface area contributed by atoms with Gasteiger partial charge in [-0.3, -0.25) is 4.98 Å². The zero-order chi connectivity index (χ0) is 11.8. The quantitative estimate of drug-likeness (QED) is 0.657. The molecule has 16 heavy (non-hydrogen) atoms. The number of aromatic nitrogens is 3. The average molecular weight is 218 g/mol. The Balaban J connectivity index is 2.45. The van der Waals surface area contributed by atoms with Gasteiger partial charge in [-0.1, -0.05) is 12.1 Å². The highest BCUT2D eigenvalue weighted by molar-refractivity contribution is 5.42. The minimum Gasteiger partial charge on any atom is -0.399 e. The van der Waals surface area contributed by atoms with Crippen LogP contribution in [-0.4, -0.2) is 15.2 Å². The largest absolute Gasteiger partial charge is 0.399 e. The normalized spacial score (nSPS) is 11.6. The third-order valence-corrected chi connectivity index (χ3v) is 2.73. The number of H-pyrrole nitrogens is 2. The van der Waals surface area contributed by atoms with Crippen LogP contribution in [0.4, 0.5) is 5.69 Å². The standard InChI is InChI=1S/C11H14N4O/c1-11(2,9-13-10(16)15-14-9)7-3-5-8(12)6-4-7/h3-6H,12H2,1-2H3,(H2,13,14,15,16). The number of nitrogens with zero attached hydrogens (tertiary/aromatic N) is 1. The predicted octanol–water partition coefficient (Wildman–Crippen LogP) is 1.01. The van der Waals surface area contributed by atoms with E-state index in [1.807, 2.05) is 38.1 Å². The first-order valence-corrected chi connectivity index (χ1v) is 5.01. The lowest BCUT2D eigenvalue weighted by molar-refractivity contribution is 0.593. The van der Waals surface area contributed by atoms with E-state index in [0.29, 0.717) is 5.82 Å². The van der Waals surface area contributed by atoms with Gasteiger partial charge in [-0.2, -0.15) is 5.10 Å². The van der Waals surface area contributed by atoms with Crippen molar-refractivity contribution in [1.82, 2.24) is 15.2 Å². The summed E-state index contributed by atoms with van der Waals surface area (Å²) in [5.41, 5.74) is 6.75. The zero-order valence-corrected chi connectivity index (χ0v) is 9.24. The van der Waals surface area contributed by atoms with Crippen LogP contribution in [0.2, 0.25) is 0 Å². The number of hydrogen-bond acceptors (Lipinski definition) is 3. The van der Waals surface area contributed by atoms with E-state index in [0.717, 1.165) is 11.3 Å². The lowest BCUT2D eigenvalue weighted by Crippen LogP contribution is -2.21. The molecule has 0 aliphatic heterocycles. The van der Waals surface area contributed by atoms with Crippen molar-refractivity contribution in [3.8, 4) is 0 Å². The summed E-state index contributed by atoms with van der Waals surface area (Å²) in [6.45, 7) is 3.98. The topological polar surface area (TPSA) is 87.6 Å². The van der Waals surface area contributed by atoms with Gasteiger partial charge in [-0.05, 0) is 31.5 Å². The van der Waals surface area contributed by atoms with E-state index in [9.17, 15) is 4.79 Å². The molecule has 0 atom stereocenters. The number of nitrogens with two attached hydrogens (primary N) is 1. The number of rotatable bonds is 2. The first-order valence-electron chi connectivity index (χ1n) is 5.01. The molecule has 4 N–H and O–H groups in total. The highest BCUT2D eigenvalue weighted by Gasteiger charge is 2.26. The second-order valence-electron chi connectivity index (χ2n) is 4.27. The van der Waals surface area contributed by atoms with E-state index in [4.69, 9.17) is 5.73 Å². The number of hydrogen-bond donors (Lipinski definition) is 3. The molecule has 0 aliphatic carbocycles. The number of anilines is 1. The van der Waals surface area contributed by atoms with Crippen molar-refractivity contribution in [2.45, 2.75) is 19.3 Å². The number of aromatic amines is 2. The molecule has 0 saturated carbocycles. The summed E-state index contributed by atoms with van der Waals surface area (Å²) >= 11 is 0. The van der Waals surface area contributed by atoms with Crippen molar-refractivity contribution in [2.24, 2.45) is 0 Å². The van der Waals surface area contributed by atoms with Crippen molar-refractivity contribution < 1.29 is 0 Å². The first kappa shape index (κ1) is 10.5. The van der Waals surface area contributed by atoms with E-state index < -0.39 is 0 Å². The summed E-state index contributed by atoms with van der Waals surface area (Å²) in [6, 6.07) is 7.54. The van der Waals surface area contributed by atoms with Gasteiger partial charge >= 0.3 is 5.69 Å². The van der Waals surface area contributed by atoms with Crippen LogP contribution in [0.3, 0.4) is 0 Å². The second-order valence-corrected chi connectivity index (χ2v) is 4.27. The Hall–Kier alpha value is -2.04. The maximum atomic E-state index is 11.0. The fourth-order valence-electron chi connectivity index (χ4n) is 1.60. The molecule has 5 heteroatoms. The van der Waals surface area contributed by atoms with Gasteiger partial charge in [0, 0.05) is 11.1 Å². The summed E-state index contributed by atoms with van der Waals surface area (Å²) in [6.07, 6.45) is 0. The third kappa shape index (κ3) is 1.71. The lowest BCUT2D eigenvalue weighted by atomic mass is 9.84. The molecule has 0 aliphatic rings. The third-order valence-electron chi connectivity index (χ3n) is 2.73. The molecule has 0 unspecified atom stereocenters. The molecule has 1 aromatic heterocycles. The highest BCUT2D eigenvalue weighted by Crippen LogP contribution is 2.28. The summed E-state index contributed by atoms with van der Waals surface area (Å²) in [4.78, 5) is 13.7. The van der Waals surface area contributed by atoms with Gasteiger partial charge in [-0.25, -0.2) is 9.89 Å². The van der Waals surface area contributed by atoms with Gasteiger partial charge in [0.05, 0.1) is 0 Å². The molecular weight excluding hydrogens is 204 g/mol. The van der Waals surface area contributed by atoms with E-state index >= 15 is 0 Å². The predicted molar refractivity (Wildman–Crippen MR) is 62.2 cm³/mol. The van der Waals surface area contributed by atoms with Crippen LogP contribution in [-0.2, 0) is 5.41 Å². The summed E-state index contributed by atoms with van der Waals surface area (Å²) in [5.74, 6) is 0.613. The van der Waals surface area contributed by atoms with Crippen molar-refractivity contribution in [3.63, 3.8) is 0 Å². The Morgan fingerprint density at radius 2 is 1.88 bits per heavy atom. The minimum atomic E-state index is -0.354. The Bertz CT molecular complexity index is 536. The fraction of sp³-hybridized carbons (Fsp3) is 0.273. The van der Waals surface area contributed by atoms with Crippen LogP contribution >= 0.6 is 0 Å². The van der Waals surface area contributed by atoms with Crippen molar-refractivity contribution in [1.29, 1.82) is 0 Å². The molecule has 0 spiro atoms. The second kappa shape index (κ2) is 3.52. The van der Waals surface area contributed by atoms with Gasteiger partial charge < -0.3 is 5.73 Å². The monoisotopic (exact) mass is 218 g/mol. The van der Waals surface area contributed by atoms with Crippen LogP contribution in [0.15, 0.2) is 29.1 Å². The summed E-state index contributed by atoms with van der Waals surface area (Å²) in [5, 5.41) is 6.33. The van der Waals surface area contributed by atoms with Gasteiger partial charge in [0.15, 0.2) is 0 Å². The lowest BCUT2D eigenvalue weighted by Gasteiger charge is -2.22. The highest BCUT2D eigenvalue weighted by atomic mass is 16.1. The van der Waals surface area contributed by atoms with E-state index in [1.54, 1.807) is 0 Å². The fourth-order valence-corrected chi connectivity index (χ4v) is 1.60. The molecular formula is C11H14N4O. The molecule has 2 aromatic rings. The number of nitrogen functional groups attached to an aromatic ring is 1. The molecule has 1 heterocycles. The van der Waals surface area contributed by atoms with Crippen molar-refractivity contribution >= 4 is 5.69 Å². The molecule has 0 fully saturated rings. The van der Waals surface area contributed by atoms with Crippen LogP contribution in [0.5, 0.6) is 0 Å². The maximum Gasteiger partial charge on any atom is 0.340 e. The molecule has 5 nitrogen and oxygen atoms in total. The molecule has 0 amide bonds. The van der Waals surface area contributed by atoms with Crippen molar-refractivity contribution in [3.05, 3.63) is 46.1 Å². The molecule has 84 valence electrons. The van der Waals surface area contributed by atoms with Gasteiger partial charge in [0.1, 0.15) is 5.82 Å². The smallest absolute Gasteiger partial charge is 0.340 e. The van der Waals surface area contributed by atoms with Gasteiger partial charge in [0.2, 0.25) is 0 Å². The summed E-state index contributed by atoms with van der Waals surface area (Å²) in [7, 11) is 0.